The highest BCUT2D eigenvalue weighted by Crippen LogP contribution is 2.22. The van der Waals surface area contributed by atoms with Crippen molar-refractivity contribution in [2.24, 2.45) is 5.73 Å². The molecule has 2 amide bonds. The summed E-state index contributed by atoms with van der Waals surface area (Å²) in [6.07, 6.45) is -0.650. The zero-order chi connectivity index (χ0) is 18.2. The highest BCUT2D eigenvalue weighted by molar-refractivity contribution is 5.86. The van der Waals surface area contributed by atoms with E-state index in [-0.39, 0.29) is 19.0 Å². The maximum Gasteiger partial charge on any atom is 0.252 e. The van der Waals surface area contributed by atoms with Gasteiger partial charge in [-0.15, -0.1) is 0 Å². The molecule has 0 spiro atoms. The maximum absolute atomic E-state index is 12.4. The van der Waals surface area contributed by atoms with Gasteiger partial charge >= 0.3 is 0 Å². The predicted molar refractivity (Wildman–Crippen MR) is 94.0 cm³/mol. The van der Waals surface area contributed by atoms with Gasteiger partial charge < -0.3 is 20.1 Å². The summed E-state index contributed by atoms with van der Waals surface area (Å²) in [6, 6.07) is 16.7. The van der Waals surface area contributed by atoms with E-state index in [9.17, 15) is 9.59 Å². The first-order valence-electron chi connectivity index (χ1n) is 7.91. The zero-order valence-corrected chi connectivity index (χ0v) is 14.3. The average molecular weight is 342 g/mol. The Morgan fingerprint density at radius 2 is 1.76 bits per heavy atom. The molecule has 132 valence electrons. The summed E-state index contributed by atoms with van der Waals surface area (Å²) in [5.74, 6) is 0.497. The average Bonchev–Trinajstić information content (AvgIpc) is 2.60. The molecule has 0 radical (unpaired) electrons. The molecule has 0 saturated heterocycles. The van der Waals surface area contributed by atoms with E-state index in [0.717, 1.165) is 11.3 Å². The number of benzene rings is 2. The summed E-state index contributed by atoms with van der Waals surface area (Å²) >= 11 is 0. The van der Waals surface area contributed by atoms with Crippen LogP contribution >= 0.6 is 0 Å². The molecule has 0 unspecified atom stereocenters. The van der Waals surface area contributed by atoms with Crippen LogP contribution in [0.15, 0.2) is 54.6 Å². The number of nitrogens with zero attached hydrogens (tertiary/aromatic N) is 1. The molecule has 0 aliphatic carbocycles. The Morgan fingerprint density at radius 1 is 1.08 bits per heavy atom. The van der Waals surface area contributed by atoms with Gasteiger partial charge in [0.15, 0.2) is 0 Å². The SMILES string of the molecule is CO[C@H](C)C(=O)N(CC(N)=O)Cc1cccc(Oc2ccccc2)c1. The van der Waals surface area contributed by atoms with E-state index < -0.39 is 12.0 Å². The van der Waals surface area contributed by atoms with Crippen LogP contribution in [0.3, 0.4) is 0 Å². The third kappa shape index (κ3) is 5.61. The monoisotopic (exact) mass is 342 g/mol. The smallest absolute Gasteiger partial charge is 0.252 e. The molecule has 25 heavy (non-hydrogen) atoms. The van der Waals surface area contributed by atoms with Gasteiger partial charge in [0, 0.05) is 13.7 Å². The van der Waals surface area contributed by atoms with Crippen LogP contribution in [0.4, 0.5) is 0 Å². The van der Waals surface area contributed by atoms with E-state index in [1.807, 2.05) is 54.6 Å². The van der Waals surface area contributed by atoms with Crippen LogP contribution in [0.5, 0.6) is 11.5 Å². The Kier molecular flexibility index (Phi) is 6.54. The number of hydrogen-bond acceptors (Lipinski definition) is 4. The minimum Gasteiger partial charge on any atom is -0.457 e. The summed E-state index contributed by atoms with van der Waals surface area (Å²) in [5, 5.41) is 0. The number of methoxy groups -OCH3 is 1. The number of carbonyl (C=O) groups is 2. The third-order valence-corrected chi connectivity index (χ3v) is 3.61. The molecular weight excluding hydrogens is 320 g/mol. The number of ether oxygens (including phenoxy) is 2. The first-order chi connectivity index (χ1) is 12.0. The van der Waals surface area contributed by atoms with Crippen molar-refractivity contribution in [1.82, 2.24) is 4.90 Å². The fraction of sp³-hybridized carbons (Fsp3) is 0.263. The summed E-state index contributed by atoms with van der Waals surface area (Å²) in [4.78, 5) is 25.0. The van der Waals surface area contributed by atoms with Gasteiger partial charge in [0.1, 0.15) is 17.6 Å². The maximum atomic E-state index is 12.4. The fourth-order valence-electron chi connectivity index (χ4n) is 2.31. The van der Waals surface area contributed by atoms with Crippen LogP contribution in [-0.4, -0.2) is 36.5 Å². The summed E-state index contributed by atoms with van der Waals surface area (Å²) in [5.41, 5.74) is 6.09. The van der Waals surface area contributed by atoms with Crippen molar-refractivity contribution < 1.29 is 19.1 Å². The molecule has 2 aromatic carbocycles. The van der Waals surface area contributed by atoms with Crippen LogP contribution in [0.25, 0.3) is 0 Å². The third-order valence-electron chi connectivity index (χ3n) is 3.61. The van der Waals surface area contributed by atoms with Crippen molar-refractivity contribution in [2.45, 2.75) is 19.6 Å². The highest BCUT2D eigenvalue weighted by Gasteiger charge is 2.22. The van der Waals surface area contributed by atoms with Gasteiger partial charge in [0.05, 0.1) is 6.54 Å². The normalized spacial score (nSPS) is 11.6. The van der Waals surface area contributed by atoms with E-state index in [0.29, 0.717) is 5.75 Å². The Morgan fingerprint density at radius 3 is 2.40 bits per heavy atom. The second kappa shape index (κ2) is 8.84. The fourth-order valence-corrected chi connectivity index (χ4v) is 2.31. The van der Waals surface area contributed by atoms with Crippen LogP contribution in [0, 0.1) is 0 Å². The van der Waals surface area contributed by atoms with Gasteiger partial charge in [-0.25, -0.2) is 0 Å². The van der Waals surface area contributed by atoms with Gasteiger partial charge in [-0.05, 0) is 36.8 Å². The molecule has 6 nitrogen and oxygen atoms in total. The molecular formula is C19H22N2O4. The Labute approximate surface area is 147 Å². The Bertz CT molecular complexity index is 718. The lowest BCUT2D eigenvalue weighted by Crippen LogP contribution is -2.43. The minimum absolute atomic E-state index is 0.170. The van der Waals surface area contributed by atoms with Crippen molar-refractivity contribution in [3.63, 3.8) is 0 Å². The second-order valence-corrected chi connectivity index (χ2v) is 5.60. The van der Waals surface area contributed by atoms with Gasteiger partial charge in [-0.3, -0.25) is 9.59 Å². The van der Waals surface area contributed by atoms with Gasteiger partial charge in [0.2, 0.25) is 5.91 Å². The summed E-state index contributed by atoms with van der Waals surface area (Å²) in [7, 11) is 1.44. The van der Waals surface area contributed by atoms with E-state index >= 15 is 0 Å². The van der Waals surface area contributed by atoms with Crippen molar-refractivity contribution in [3.05, 3.63) is 60.2 Å². The number of carbonyl (C=O) groups excluding carboxylic acids is 2. The molecule has 2 rings (SSSR count). The van der Waals surface area contributed by atoms with Crippen molar-refractivity contribution in [3.8, 4) is 11.5 Å². The molecule has 6 heteroatoms. The van der Waals surface area contributed by atoms with Gasteiger partial charge in [-0.1, -0.05) is 30.3 Å². The van der Waals surface area contributed by atoms with Crippen molar-refractivity contribution >= 4 is 11.8 Å². The van der Waals surface area contributed by atoms with Crippen LogP contribution in [-0.2, 0) is 20.9 Å². The first kappa shape index (κ1) is 18.5. The lowest BCUT2D eigenvalue weighted by atomic mass is 10.2. The number of hydrogen-bond donors (Lipinski definition) is 1. The van der Waals surface area contributed by atoms with Gasteiger partial charge in [-0.2, -0.15) is 0 Å². The number of primary amides is 1. The molecule has 2 aromatic rings. The first-order valence-corrected chi connectivity index (χ1v) is 7.91. The van der Waals surface area contributed by atoms with E-state index in [4.69, 9.17) is 15.2 Å². The predicted octanol–water partition coefficient (Wildman–Crippen LogP) is 2.33. The van der Waals surface area contributed by atoms with Crippen LogP contribution in [0.1, 0.15) is 12.5 Å². The van der Waals surface area contributed by atoms with Crippen LogP contribution < -0.4 is 10.5 Å². The quantitative estimate of drug-likeness (QED) is 0.798. The molecule has 0 saturated carbocycles. The van der Waals surface area contributed by atoms with E-state index in [2.05, 4.69) is 0 Å². The molecule has 2 N–H and O–H groups in total. The minimum atomic E-state index is -0.650. The second-order valence-electron chi connectivity index (χ2n) is 5.60. The molecule has 0 fully saturated rings. The zero-order valence-electron chi connectivity index (χ0n) is 14.3. The molecule has 0 aromatic heterocycles. The van der Waals surface area contributed by atoms with Gasteiger partial charge in [0.25, 0.3) is 5.91 Å². The topological polar surface area (TPSA) is 81.9 Å². The number of rotatable bonds is 8. The summed E-state index contributed by atoms with van der Waals surface area (Å²) in [6.45, 7) is 1.70. The molecule has 0 bridgehead atoms. The lowest BCUT2D eigenvalue weighted by Gasteiger charge is -2.24. The molecule has 0 heterocycles. The molecule has 0 aliphatic rings. The molecule has 1 atom stereocenters. The van der Waals surface area contributed by atoms with E-state index in [1.54, 1.807) is 6.92 Å². The number of amides is 2. The summed E-state index contributed by atoms with van der Waals surface area (Å²) < 4.78 is 10.8. The van der Waals surface area contributed by atoms with Crippen molar-refractivity contribution in [1.29, 1.82) is 0 Å². The number of para-hydroxylation sites is 1. The highest BCUT2D eigenvalue weighted by atomic mass is 16.5. The standard InChI is InChI=1S/C19H22N2O4/c1-14(24-2)19(23)21(13-18(20)22)12-15-7-6-10-17(11-15)25-16-8-4-3-5-9-16/h3-11,14H,12-13H2,1-2H3,(H2,20,22)/t14-/m1/s1. The largest absolute Gasteiger partial charge is 0.457 e. The Balaban J connectivity index is 2.14. The molecule has 0 aliphatic heterocycles. The number of nitrogens with two attached hydrogens (primary N) is 1. The van der Waals surface area contributed by atoms with Crippen LogP contribution in [0.2, 0.25) is 0 Å². The lowest BCUT2D eigenvalue weighted by molar-refractivity contribution is -0.144. The van der Waals surface area contributed by atoms with E-state index in [1.165, 1.54) is 12.0 Å². The van der Waals surface area contributed by atoms with Crippen molar-refractivity contribution in [2.75, 3.05) is 13.7 Å². The Hall–Kier alpha value is -2.86.